The highest BCUT2D eigenvalue weighted by atomic mass is 32.1. The highest BCUT2D eigenvalue weighted by Gasteiger charge is 2.11. The molecule has 0 bridgehead atoms. The van der Waals surface area contributed by atoms with Crippen LogP contribution in [0.4, 0.5) is 5.69 Å². The van der Waals surface area contributed by atoms with E-state index in [2.05, 4.69) is 4.99 Å². The molecule has 0 unspecified atom stereocenters. The molecule has 0 aliphatic carbocycles. The average Bonchev–Trinajstić information content (AvgIpc) is 2.90. The molecule has 1 aromatic heterocycles. The first kappa shape index (κ1) is 15.6. The van der Waals surface area contributed by atoms with Gasteiger partial charge in [-0.1, -0.05) is 11.3 Å². The molecule has 3 rings (SSSR count). The second kappa shape index (κ2) is 6.06. The van der Waals surface area contributed by atoms with Crippen LogP contribution in [0.2, 0.25) is 0 Å². The Labute approximate surface area is 139 Å². The van der Waals surface area contributed by atoms with Gasteiger partial charge in [-0.25, -0.2) is 0 Å². The van der Waals surface area contributed by atoms with Gasteiger partial charge in [-0.05, 0) is 30.3 Å². The van der Waals surface area contributed by atoms with Crippen LogP contribution in [0.25, 0.3) is 10.2 Å². The Morgan fingerprint density at radius 1 is 1.29 bits per heavy atom. The van der Waals surface area contributed by atoms with Crippen molar-refractivity contribution in [3.63, 3.8) is 0 Å². The Bertz CT molecular complexity index is 1070. The van der Waals surface area contributed by atoms with E-state index in [1.807, 2.05) is 6.07 Å². The Hall–Kier alpha value is -3.31. The fraction of sp³-hybridized carbons (Fsp3) is 0.0625. The summed E-state index contributed by atoms with van der Waals surface area (Å²) in [4.78, 5) is 27.2. The molecule has 1 amide bonds. The summed E-state index contributed by atoms with van der Waals surface area (Å²) in [5.74, 6) is -0.434. The first-order chi connectivity index (χ1) is 11.5. The lowest BCUT2D eigenvalue weighted by Crippen LogP contribution is -2.13. The summed E-state index contributed by atoms with van der Waals surface area (Å²) >= 11 is 1.28. The SMILES string of the molecule is Cn1c(=NC(=O)c2ccc(C#N)cc2)sc2ccc([N+](=O)[O-])cc21. The second-order valence-electron chi connectivity index (χ2n) is 4.96. The number of amides is 1. The predicted octanol–water partition coefficient (Wildman–Crippen LogP) is 2.76. The maximum atomic E-state index is 12.3. The van der Waals surface area contributed by atoms with E-state index < -0.39 is 10.8 Å². The van der Waals surface area contributed by atoms with Crippen LogP contribution in [0, 0.1) is 21.4 Å². The first-order valence-electron chi connectivity index (χ1n) is 6.83. The molecule has 1 heterocycles. The van der Waals surface area contributed by atoms with Crippen molar-refractivity contribution in [3.05, 3.63) is 68.5 Å². The minimum atomic E-state index is -0.462. The van der Waals surface area contributed by atoms with E-state index in [1.54, 1.807) is 41.9 Å². The van der Waals surface area contributed by atoms with Gasteiger partial charge in [0.15, 0.2) is 4.80 Å². The van der Waals surface area contributed by atoms with Crippen molar-refractivity contribution >= 4 is 33.1 Å². The van der Waals surface area contributed by atoms with Crippen molar-refractivity contribution < 1.29 is 9.72 Å². The van der Waals surface area contributed by atoms with E-state index >= 15 is 0 Å². The first-order valence-corrected chi connectivity index (χ1v) is 7.64. The maximum absolute atomic E-state index is 12.3. The van der Waals surface area contributed by atoms with Gasteiger partial charge in [0.25, 0.3) is 11.6 Å². The number of carbonyl (C=O) groups is 1. The number of hydrogen-bond acceptors (Lipinski definition) is 5. The molecule has 0 N–H and O–H groups in total. The van der Waals surface area contributed by atoms with Crippen LogP contribution < -0.4 is 4.80 Å². The van der Waals surface area contributed by atoms with Gasteiger partial charge in [0.1, 0.15) is 0 Å². The molecule has 118 valence electrons. The number of hydrogen-bond donors (Lipinski definition) is 0. The van der Waals surface area contributed by atoms with Gasteiger partial charge in [0.2, 0.25) is 0 Å². The number of nitro groups is 1. The highest BCUT2D eigenvalue weighted by molar-refractivity contribution is 7.16. The second-order valence-corrected chi connectivity index (χ2v) is 5.97. The Morgan fingerprint density at radius 2 is 2.00 bits per heavy atom. The van der Waals surface area contributed by atoms with Crippen LogP contribution in [-0.4, -0.2) is 15.4 Å². The zero-order valence-electron chi connectivity index (χ0n) is 12.5. The third-order valence-electron chi connectivity index (χ3n) is 3.46. The lowest BCUT2D eigenvalue weighted by molar-refractivity contribution is -0.384. The number of nitrogens with zero attached hydrogens (tertiary/aromatic N) is 4. The summed E-state index contributed by atoms with van der Waals surface area (Å²) in [6, 6.07) is 12.7. The van der Waals surface area contributed by atoms with Gasteiger partial charge in [-0.2, -0.15) is 10.3 Å². The molecule has 2 aromatic carbocycles. The van der Waals surface area contributed by atoms with Crippen molar-refractivity contribution in [2.24, 2.45) is 12.0 Å². The van der Waals surface area contributed by atoms with E-state index in [0.29, 0.717) is 21.4 Å². The van der Waals surface area contributed by atoms with Crippen LogP contribution in [-0.2, 0) is 7.05 Å². The van der Waals surface area contributed by atoms with Crippen LogP contribution in [0.15, 0.2) is 47.5 Å². The number of non-ortho nitro benzene ring substituents is 1. The number of aryl methyl sites for hydroxylation is 1. The fourth-order valence-electron chi connectivity index (χ4n) is 2.17. The molecule has 8 heteroatoms. The summed E-state index contributed by atoms with van der Waals surface area (Å²) < 4.78 is 2.45. The van der Waals surface area contributed by atoms with Crippen molar-refractivity contribution in [1.29, 1.82) is 5.26 Å². The summed E-state index contributed by atoms with van der Waals surface area (Å²) in [6.07, 6.45) is 0. The normalized spacial score (nSPS) is 11.4. The van der Waals surface area contributed by atoms with Crippen LogP contribution in [0.1, 0.15) is 15.9 Å². The molecule has 0 saturated heterocycles. The monoisotopic (exact) mass is 338 g/mol. The van der Waals surface area contributed by atoms with Crippen molar-refractivity contribution in [2.75, 3.05) is 0 Å². The lowest BCUT2D eigenvalue weighted by atomic mass is 10.1. The van der Waals surface area contributed by atoms with E-state index in [-0.39, 0.29) is 5.69 Å². The van der Waals surface area contributed by atoms with Crippen molar-refractivity contribution in [2.45, 2.75) is 0 Å². The molecule has 0 spiro atoms. The number of aromatic nitrogens is 1. The quantitative estimate of drug-likeness (QED) is 0.529. The largest absolute Gasteiger partial charge is 0.319 e. The molecular formula is C16H10N4O3S. The van der Waals surface area contributed by atoms with Crippen LogP contribution in [0.3, 0.4) is 0 Å². The van der Waals surface area contributed by atoms with E-state index in [9.17, 15) is 14.9 Å². The molecular weight excluding hydrogens is 328 g/mol. The minimum Gasteiger partial charge on any atom is -0.319 e. The Balaban J connectivity index is 2.06. The standard InChI is InChI=1S/C16H10N4O3S/c1-19-13-8-12(20(22)23)6-7-14(13)24-16(19)18-15(21)11-4-2-10(9-17)3-5-11/h2-8H,1H3. The zero-order chi connectivity index (χ0) is 17.3. The summed E-state index contributed by atoms with van der Waals surface area (Å²) in [6.45, 7) is 0. The van der Waals surface area contributed by atoms with Crippen molar-refractivity contribution in [1.82, 2.24) is 4.57 Å². The number of benzene rings is 2. The van der Waals surface area contributed by atoms with Gasteiger partial charge in [0, 0.05) is 24.7 Å². The lowest BCUT2D eigenvalue weighted by Gasteiger charge is -1.97. The fourth-order valence-corrected chi connectivity index (χ4v) is 3.17. The van der Waals surface area contributed by atoms with E-state index in [0.717, 1.165) is 4.70 Å². The van der Waals surface area contributed by atoms with Gasteiger partial charge >= 0.3 is 0 Å². The number of fused-ring (bicyclic) bond motifs is 1. The van der Waals surface area contributed by atoms with Crippen LogP contribution in [0.5, 0.6) is 0 Å². The molecule has 0 atom stereocenters. The molecule has 3 aromatic rings. The number of thiazole rings is 1. The summed E-state index contributed by atoms with van der Waals surface area (Å²) in [5, 5.41) is 19.6. The minimum absolute atomic E-state index is 0.0131. The third-order valence-corrected chi connectivity index (χ3v) is 4.57. The van der Waals surface area contributed by atoms with Gasteiger partial charge < -0.3 is 4.57 Å². The van der Waals surface area contributed by atoms with Gasteiger partial charge in [-0.3, -0.25) is 14.9 Å². The predicted molar refractivity (Wildman–Crippen MR) is 88.5 cm³/mol. The zero-order valence-corrected chi connectivity index (χ0v) is 13.3. The number of carbonyl (C=O) groups excluding carboxylic acids is 1. The van der Waals surface area contributed by atoms with Crippen molar-refractivity contribution in [3.8, 4) is 6.07 Å². The number of rotatable bonds is 2. The molecule has 0 aliphatic heterocycles. The Morgan fingerprint density at radius 3 is 2.62 bits per heavy atom. The van der Waals surface area contributed by atoms with Gasteiger partial charge in [0.05, 0.1) is 26.8 Å². The summed E-state index contributed by atoms with van der Waals surface area (Å²) in [7, 11) is 1.70. The third kappa shape index (κ3) is 2.80. The molecule has 0 aliphatic rings. The topological polar surface area (TPSA) is 101 Å². The molecule has 7 nitrogen and oxygen atoms in total. The summed E-state index contributed by atoms with van der Waals surface area (Å²) in [5.41, 5.74) is 1.46. The Kier molecular flexibility index (Phi) is 3.93. The van der Waals surface area contributed by atoms with E-state index in [4.69, 9.17) is 5.26 Å². The molecule has 0 fully saturated rings. The number of nitriles is 1. The van der Waals surface area contributed by atoms with Gasteiger partial charge in [-0.15, -0.1) is 0 Å². The molecule has 24 heavy (non-hydrogen) atoms. The average molecular weight is 338 g/mol. The van der Waals surface area contributed by atoms with E-state index in [1.165, 1.54) is 23.5 Å². The number of nitro benzene ring substituents is 1. The maximum Gasteiger partial charge on any atom is 0.279 e. The molecule has 0 saturated carbocycles. The molecule has 0 radical (unpaired) electrons. The smallest absolute Gasteiger partial charge is 0.279 e. The van der Waals surface area contributed by atoms with Crippen LogP contribution >= 0.6 is 11.3 Å². The highest BCUT2D eigenvalue weighted by Crippen LogP contribution is 2.22.